The standard InChI is InChI=1S/C22H25N5O/c1-26(2)14-13-23-21-15-20(24-17-25-21)22(28)27(19-11-7-4-8-12-19)16-18-9-5-3-6-10-18/h3-12,15,17H,13-14,16H2,1-2H3,(H,23,24,25). The molecule has 0 bridgehead atoms. The van der Waals surface area contributed by atoms with Crippen LogP contribution in [-0.4, -0.2) is 48.0 Å². The third-order valence-corrected chi connectivity index (χ3v) is 4.25. The lowest BCUT2D eigenvalue weighted by Gasteiger charge is -2.23. The van der Waals surface area contributed by atoms with Crippen LogP contribution in [0.5, 0.6) is 0 Å². The number of para-hydroxylation sites is 1. The minimum atomic E-state index is -0.159. The summed E-state index contributed by atoms with van der Waals surface area (Å²) < 4.78 is 0. The molecular weight excluding hydrogens is 350 g/mol. The highest BCUT2D eigenvalue weighted by molar-refractivity contribution is 6.05. The van der Waals surface area contributed by atoms with Gasteiger partial charge in [-0.25, -0.2) is 9.97 Å². The third kappa shape index (κ3) is 5.37. The lowest BCUT2D eigenvalue weighted by Crippen LogP contribution is -2.31. The van der Waals surface area contributed by atoms with E-state index < -0.39 is 0 Å². The number of rotatable bonds is 8. The summed E-state index contributed by atoms with van der Waals surface area (Å²) >= 11 is 0. The van der Waals surface area contributed by atoms with Crippen molar-refractivity contribution >= 4 is 17.4 Å². The maximum atomic E-state index is 13.3. The predicted octanol–water partition coefficient (Wildman–Crippen LogP) is 3.30. The Kier molecular flexibility index (Phi) is 6.70. The van der Waals surface area contributed by atoms with E-state index in [0.717, 1.165) is 24.3 Å². The lowest BCUT2D eigenvalue weighted by molar-refractivity contribution is 0.0980. The van der Waals surface area contributed by atoms with E-state index in [9.17, 15) is 4.79 Å². The van der Waals surface area contributed by atoms with Crippen molar-refractivity contribution in [1.29, 1.82) is 0 Å². The summed E-state index contributed by atoms with van der Waals surface area (Å²) in [5.41, 5.74) is 2.25. The molecule has 0 atom stereocenters. The van der Waals surface area contributed by atoms with Crippen LogP contribution in [0.1, 0.15) is 16.1 Å². The summed E-state index contributed by atoms with van der Waals surface area (Å²) in [5.74, 6) is 0.487. The number of benzene rings is 2. The monoisotopic (exact) mass is 375 g/mol. The molecule has 0 saturated heterocycles. The van der Waals surface area contributed by atoms with Gasteiger partial charge in [-0.15, -0.1) is 0 Å². The van der Waals surface area contributed by atoms with Crippen molar-refractivity contribution in [3.63, 3.8) is 0 Å². The molecule has 3 aromatic rings. The van der Waals surface area contributed by atoms with E-state index in [-0.39, 0.29) is 5.91 Å². The minimum Gasteiger partial charge on any atom is -0.369 e. The normalized spacial score (nSPS) is 10.7. The van der Waals surface area contributed by atoms with E-state index in [1.165, 1.54) is 6.33 Å². The number of likely N-dealkylation sites (N-methyl/N-ethyl adjacent to an activating group) is 1. The predicted molar refractivity (Wildman–Crippen MR) is 112 cm³/mol. The Labute approximate surface area is 165 Å². The van der Waals surface area contributed by atoms with Crippen LogP contribution in [0.15, 0.2) is 73.1 Å². The first kappa shape index (κ1) is 19.5. The topological polar surface area (TPSA) is 61.4 Å². The number of nitrogens with one attached hydrogen (secondary N) is 1. The van der Waals surface area contributed by atoms with Gasteiger partial charge in [-0.1, -0.05) is 48.5 Å². The number of hydrogen-bond donors (Lipinski definition) is 1. The van der Waals surface area contributed by atoms with Gasteiger partial charge in [-0.05, 0) is 31.8 Å². The Hall–Kier alpha value is -3.25. The van der Waals surface area contributed by atoms with E-state index in [1.54, 1.807) is 11.0 Å². The molecule has 144 valence electrons. The van der Waals surface area contributed by atoms with Gasteiger partial charge in [-0.2, -0.15) is 0 Å². The zero-order valence-corrected chi connectivity index (χ0v) is 16.2. The second-order valence-corrected chi connectivity index (χ2v) is 6.73. The number of carbonyl (C=O) groups is 1. The highest BCUT2D eigenvalue weighted by atomic mass is 16.2. The molecule has 1 heterocycles. The van der Waals surface area contributed by atoms with Crippen LogP contribution in [0.4, 0.5) is 11.5 Å². The molecule has 0 aliphatic heterocycles. The molecule has 1 aromatic heterocycles. The summed E-state index contributed by atoms with van der Waals surface area (Å²) in [6, 6.07) is 21.3. The van der Waals surface area contributed by atoms with Crippen LogP contribution < -0.4 is 10.2 Å². The SMILES string of the molecule is CN(C)CCNc1cc(C(=O)N(Cc2ccccc2)c2ccccc2)ncn1. The highest BCUT2D eigenvalue weighted by Gasteiger charge is 2.20. The largest absolute Gasteiger partial charge is 0.369 e. The van der Waals surface area contributed by atoms with Gasteiger partial charge in [0, 0.05) is 24.8 Å². The molecule has 2 aromatic carbocycles. The van der Waals surface area contributed by atoms with Crippen LogP contribution >= 0.6 is 0 Å². The van der Waals surface area contributed by atoms with E-state index in [1.807, 2.05) is 74.8 Å². The smallest absolute Gasteiger partial charge is 0.277 e. The number of carbonyl (C=O) groups excluding carboxylic acids is 1. The Morgan fingerprint density at radius 1 is 0.964 bits per heavy atom. The number of hydrogen-bond acceptors (Lipinski definition) is 5. The first-order valence-electron chi connectivity index (χ1n) is 9.25. The minimum absolute atomic E-state index is 0.159. The zero-order chi connectivity index (χ0) is 19.8. The quantitative estimate of drug-likeness (QED) is 0.655. The molecule has 28 heavy (non-hydrogen) atoms. The molecule has 0 saturated carbocycles. The van der Waals surface area contributed by atoms with Crippen molar-refractivity contribution < 1.29 is 4.79 Å². The fraction of sp³-hybridized carbons (Fsp3) is 0.227. The molecule has 0 aliphatic carbocycles. The van der Waals surface area contributed by atoms with Gasteiger partial charge >= 0.3 is 0 Å². The van der Waals surface area contributed by atoms with Gasteiger partial charge in [0.1, 0.15) is 17.8 Å². The van der Waals surface area contributed by atoms with Crippen molar-refractivity contribution in [3.05, 3.63) is 84.3 Å². The van der Waals surface area contributed by atoms with Gasteiger partial charge in [0.2, 0.25) is 0 Å². The fourth-order valence-corrected chi connectivity index (χ4v) is 2.77. The summed E-state index contributed by atoms with van der Waals surface area (Å²) in [6.45, 7) is 2.08. The average molecular weight is 375 g/mol. The van der Waals surface area contributed by atoms with Crippen LogP contribution in [-0.2, 0) is 6.54 Å². The molecular formula is C22H25N5O. The maximum Gasteiger partial charge on any atom is 0.277 e. The van der Waals surface area contributed by atoms with Gasteiger partial charge in [-0.3, -0.25) is 4.79 Å². The van der Waals surface area contributed by atoms with E-state index in [0.29, 0.717) is 18.1 Å². The number of nitrogens with zero attached hydrogens (tertiary/aromatic N) is 4. The molecule has 0 aliphatic rings. The first-order valence-corrected chi connectivity index (χ1v) is 9.25. The number of amides is 1. The van der Waals surface area contributed by atoms with E-state index >= 15 is 0 Å². The number of anilines is 2. The van der Waals surface area contributed by atoms with Crippen molar-refractivity contribution in [1.82, 2.24) is 14.9 Å². The average Bonchev–Trinajstić information content (AvgIpc) is 2.73. The van der Waals surface area contributed by atoms with Gasteiger partial charge in [0.15, 0.2) is 0 Å². The Balaban J connectivity index is 1.83. The summed E-state index contributed by atoms with van der Waals surface area (Å²) in [4.78, 5) is 25.5. The van der Waals surface area contributed by atoms with Crippen LogP contribution in [0.2, 0.25) is 0 Å². The second-order valence-electron chi connectivity index (χ2n) is 6.73. The molecule has 3 rings (SSSR count). The molecule has 6 nitrogen and oxygen atoms in total. The lowest BCUT2D eigenvalue weighted by atomic mass is 10.2. The molecule has 0 unspecified atom stereocenters. The molecule has 0 radical (unpaired) electrons. The Morgan fingerprint density at radius 3 is 2.32 bits per heavy atom. The maximum absolute atomic E-state index is 13.3. The summed E-state index contributed by atoms with van der Waals surface area (Å²) in [7, 11) is 4.02. The van der Waals surface area contributed by atoms with Gasteiger partial charge in [0.05, 0.1) is 6.54 Å². The molecule has 0 fully saturated rings. The third-order valence-electron chi connectivity index (χ3n) is 4.25. The van der Waals surface area contributed by atoms with Crippen molar-refractivity contribution in [2.24, 2.45) is 0 Å². The molecule has 1 amide bonds. The van der Waals surface area contributed by atoms with Crippen molar-refractivity contribution in [2.75, 3.05) is 37.4 Å². The zero-order valence-electron chi connectivity index (χ0n) is 16.2. The Morgan fingerprint density at radius 2 is 1.64 bits per heavy atom. The van der Waals surface area contributed by atoms with E-state index in [4.69, 9.17) is 0 Å². The Bertz CT molecular complexity index is 884. The van der Waals surface area contributed by atoms with Crippen LogP contribution in [0.25, 0.3) is 0 Å². The fourth-order valence-electron chi connectivity index (χ4n) is 2.77. The summed E-state index contributed by atoms with van der Waals surface area (Å²) in [5, 5.41) is 3.24. The highest BCUT2D eigenvalue weighted by Crippen LogP contribution is 2.20. The van der Waals surface area contributed by atoms with Crippen LogP contribution in [0, 0.1) is 0 Å². The van der Waals surface area contributed by atoms with Crippen LogP contribution in [0.3, 0.4) is 0 Å². The van der Waals surface area contributed by atoms with Gasteiger partial charge < -0.3 is 15.1 Å². The first-order chi connectivity index (χ1) is 13.6. The summed E-state index contributed by atoms with van der Waals surface area (Å²) in [6.07, 6.45) is 1.43. The van der Waals surface area contributed by atoms with Gasteiger partial charge in [0.25, 0.3) is 5.91 Å². The molecule has 0 spiro atoms. The second kappa shape index (κ2) is 9.62. The number of aromatic nitrogens is 2. The van der Waals surface area contributed by atoms with E-state index in [2.05, 4.69) is 20.2 Å². The molecule has 1 N–H and O–H groups in total. The van der Waals surface area contributed by atoms with Crippen molar-refractivity contribution in [2.45, 2.75) is 6.54 Å². The molecule has 6 heteroatoms. The van der Waals surface area contributed by atoms with Crippen molar-refractivity contribution in [3.8, 4) is 0 Å².